The summed E-state index contributed by atoms with van der Waals surface area (Å²) in [5.41, 5.74) is 0.794. The summed E-state index contributed by atoms with van der Waals surface area (Å²) in [6.45, 7) is 0.310. The second-order valence-corrected chi connectivity index (χ2v) is 8.25. The molecule has 3 heterocycles. The molecule has 5 rings (SSSR count). The standard InChI is InChI=1S/C19H12IN3O3S/c20-12-7-5-11(6-8-12)9-16-18(24)23-19(27-16)21-17(22-23)15-10-25-13-3-1-2-4-14(13)26-15/h1-9,15H,10H2/b16-9-. The maximum absolute atomic E-state index is 12.7. The van der Waals surface area contributed by atoms with Gasteiger partial charge in [0.05, 0.1) is 4.53 Å². The SMILES string of the molecule is O=c1/c(=C/c2ccc(I)cc2)sc2nc(C3COc4ccccc4O3)nn12. The topological polar surface area (TPSA) is 65.7 Å². The third-order valence-corrected chi connectivity index (χ3v) is 5.84. The first-order valence-electron chi connectivity index (χ1n) is 8.23. The van der Waals surface area contributed by atoms with Crippen LogP contribution in [0.2, 0.25) is 0 Å². The van der Waals surface area contributed by atoms with Crippen LogP contribution in [0.3, 0.4) is 0 Å². The summed E-state index contributed by atoms with van der Waals surface area (Å²) < 4.78 is 14.7. The Bertz CT molecular complexity index is 1250. The van der Waals surface area contributed by atoms with Crippen LogP contribution >= 0.6 is 33.9 Å². The zero-order chi connectivity index (χ0) is 18.4. The van der Waals surface area contributed by atoms with E-state index in [-0.39, 0.29) is 5.56 Å². The molecule has 0 amide bonds. The van der Waals surface area contributed by atoms with E-state index in [9.17, 15) is 4.79 Å². The summed E-state index contributed by atoms with van der Waals surface area (Å²) in [6, 6.07) is 15.4. The molecule has 0 saturated heterocycles. The lowest BCUT2D eigenvalue weighted by atomic mass is 10.2. The Labute approximate surface area is 171 Å². The Morgan fingerprint density at radius 2 is 1.93 bits per heavy atom. The minimum Gasteiger partial charge on any atom is -0.485 e. The largest absolute Gasteiger partial charge is 0.485 e. The molecule has 27 heavy (non-hydrogen) atoms. The van der Waals surface area contributed by atoms with E-state index in [1.807, 2.05) is 54.6 Å². The third kappa shape index (κ3) is 3.08. The molecule has 1 aliphatic heterocycles. The van der Waals surface area contributed by atoms with E-state index in [4.69, 9.17) is 9.47 Å². The van der Waals surface area contributed by atoms with Crippen molar-refractivity contribution in [2.45, 2.75) is 6.10 Å². The number of rotatable bonds is 2. The molecule has 0 spiro atoms. The van der Waals surface area contributed by atoms with Gasteiger partial charge in [0.15, 0.2) is 23.4 Å². The number of hydrogen-bond acceptors (Lipinski definition) is 6. The molecule has 8 heteroatoms. The van der Waals surface area contributed by atoms with Crippen molar-refractivity contribution in [2.24, 2.45) is 0 Å². The molecule has 4 aromatic rings. The normalized spacial score (nSPS) is 16.8. The summed E-state index contributed by atoms with van der Waals surface area (Å²) in [5, 5.41) is 4.36. The van der Waals surface area contributed by atoms with Crippen LogP contribution in [0, 0.1) is 3.57 Å². The number of hydrogen-bond donors (Lipinski definition) is 0. The number of halogens is 1. The molecule has 134 valence electrons. The highest BCUT2D eigenvalue weighted by Gasteiger charge is 2.26. The first-order valence-corrected chi connectivity index (χ1v) is 10.1. The predicted molar refractivity (Wildman–Crippen MR) is 110 cm³/mol. The van der Waals surface area contributed by atoms with Crippen LogP contribution in [0.5, 0.6) is 11.5 Å². The number of thiazole rings is 1. The van der Waals surface area contributed by atoms with Gasteiger partial charge < -0.3 is 9.47 Å². The minimum atomic E-state index is -0.435. The zero-order valence-electron chi connectivity index (χ0n) is 13.8. The fourth-order valence-corrected chi connectivity index (χ4v) is 4.12. The van der Waals surface area contributed by atoms with E-state index < -0.39 is 6.10 Å². The fraction of sp³-hybridized carbons (Fsp3) is 0.105. The van der Waals surface area contributed by atoms with Crippen molar-refractivity contribution in [3.63, 3.8) is 0 Å². The Balaban J connectivity index is 1.49. The van der Waals surface area contributed by atoms with Gasteiger partial charge in [-0.3, -0.25) is 4.79 Å². The molecule has 0 fully saturated rings. The van der Waals surface area contributed by atoms with Gasteiger partial charge in [-0.2, -0.15) is 9.50 Å². The Morgan fingerprint density at radius 1 is 1.15 bits per heavy atom. The first-order chi connectivity index (χ1) is 13.2. The van der Waals surface area contributed by atoms with Gasteiger partial charge >= 0.3 is 0 Å². The lowest BCUT2D eigenvalue weighted by molar-refractivity contribution is 0.0852. The number of para-hydroxylation sites is 2. The van der Waals surface area contributed by atoms with Gasteiger partial charge in [0.2, 0.25) is 4.96 Å². The highest BCUT2D eigenvalue weighted by molar-refractivity contribution is 14.1. The number of fused-ring (bicyclic) bond motifs is 2. The van der Waals surface area contributed by atoms with Crippen LogP contribution in [-0.4, -0.2) is 21.2 Å². The van der Waals surface area contributed by atoms with E-state index in [0.29, 0.717) is 33.4 Å². The van der Waals surface area contributed by atoms with Gasteiger partial charge in [0, 0.05) is 3.57 Å². The molecular weight excluding hydrogens is 477 g/mol. The van der Waals surface area contributed by atoms with E-state index >= 15 is 0 Å². The number of aromatic nitrogens is 3. The maximum Gasteiger partial charge on any atom is 0.291 e. The highest BCUT2D eigenvalue weighted by atomic mass is 127. The van der Waals surface area contributed by atoms with Crippen molar-refractivity contribution in [1.29, 1.82) is 0 Å². The maximum atomic E-state index is 12.7. The Hall–Kier alpha value is -2.46. The van der Waals surface area contributed by atoms with Gasteiger partial charge in [0.25, 0.3) is 5.56 Å². The molecule has 0 radical (unpaired) electrons. The molecule has 0 bridgehead atoms. The number of ether oxygens (including phenoxy) is 2. The van der Waals surface area contributed by atoms with Gasteiger partial charge in [0.1, 0.15) is 6.61 Å². The molecule has 2 aromatic heterocycles. The third-order valence-electron chi connectivity index (χ3n) is 4.16. The van der Waals surface area contributed by atoms with Gasteiger partial charge in [-0.15, -0.1) is 5.10 Å². The zero-order valence-corrected chi connectivity index (χ0v) is 16.8. The molecule has 1 aliphatic rings. The molecule has 0 saturated carbocycles. The summed E-state index contributed by atoms with van der Waals surface area (Å²) >= 11 is 3.57. The van der Waals surface area contributed by atoms with Crippen LogP contribution in [0.25, 0.3) is 11.0 Å². The van der Waals surface area contributed by atoms with E-state index in [0.717, 1.165) is 9.13 Å². The Kier molecular flexibility index (Phi) is 4.09. The van der Waals surface area contributed by atoms with E-state index in [2.05, 4.69) is 32.7 Å². The fourth-order valence-electron chi connectivity index (χ4n) is 2.84. The van der Waals surface area contributed by atoms with Crippen molar-refractivity contribution in [2.75, 3.05) is 6.61 Å². The second-order valence-electron chi connectivity index (χ2n) is 6.00. The molecule has 1 atom stereocenters. The summed E-state index contributed by atoms with van der Waals surface area (Å²) in [6.07, 6.45) is 1.42. The number of benzene rings is 2. The van der Waals surface area contributed by atoms with Crippen LogP contribution in [-0.2, 0) is 0 Å². The summed E-state index contributed by atoms with van der Waals surface area (Å²) in [7, 11) is 0. The van der Waals surface area contributed by atoms with Crippen molar-refractivity contribution in [3.8, 4) is 11.5 Å². The van der Waals surface area contributed by atoms with Gasteiger partial charge in [-0.25, -0.2) is 0 Å². The smallest absolute Gasteiger partial charge is 0.291 e. The molecule has 1 unspecified atom stereocenters. The van der Waals surface area contributed by atoms with Crippen molar-refractivity contribution in [3.05, 3.63) is 78.4 Å². The monoisotopic (exact) mass is 489 g/mol. The van der Waals surface area contributed by atoms with Gasteiger partial charge in [-0.05, 0) is 58.5 Å². The van der Waals surface area contributed by atoms with Crippen LogP contribution in [0.4, 0.5) is 0 Å². The van der Waals surface area contributed by atoms with E-state index in [1.165, 1.54) is 15.9 Å². The number of nitrogens with zero attached hydrogens (tertiary/aromatic N) is 3. The van der Waals surface area contributed by atoms with Crippen LogP contribution in [0.1, 0.15) is 17.5 Å². The molecular formula is C19H12IN3O3S. The predicted octanol–water partition coefficient (Wildman–Crippen LogP) is 2.82. The average molecular weight is 489 g/mol. The lowest BCUT2D eigenvalue weighted by Gasteiger charge is -2.24. The molecule has 6 nitrogen and oxygen atoms in total. The molecule has 2 aromatic carbocycles. The molecule has 0 aliphatic carbocycles. The van der Waals surface area contributed by atoms with E-state index in [1.54, 1.807) is 0 Å². The molecule has 0 N–H and O–H groups in total. The van der Waals surface area contributed by atoms with Crippen molar-refractivity contribution < 1.29 is 9.47 Å². The summed E-state index contributed by atoms with van der Waals surface area (Å²) in [5.74, 6) is 1.81. The highest BCUT2D eigenvalue weighted by Crippen LogP contribution is 2.35. The van der Waals surface area contributed by atoms with Gasteiger partial charge in [-0.1, -0.05) is 35.6 Å². The quantitative estimate of drug-likeness (QED) is 0.406. The average Bonchev–Trinajstić information content (AvgIpc) is 3.23. The Morgan fingerprint density at radius 3 is 2.70 bits per heavy atom. The minimum absolute atomic E-state index is 0.176. The van der Waals surface area contributed by atoms with Crippen LogP contribution < -0.4 is 19.6 Å². The lowest BCUT2D eigenvalue weighted by Crippen LogP contribution is -2.26. The first kappa shape index (κ1) is 16.7. The second kappa shape index (κ2) is 6.61. The van der Waals surface area contributed by atoms with Crippen molar-refractivity contribution in [1.82, 2.24) is 14.6 Å². The summed E-state index contributed by atoms with van der Waals surface area (Å²) in [4.78, 5) is 17.7. The van der Waals surface area contributed by atoms with Crippen LogP contribution in [0.15, 0.2) is 53.3 Å². The van der Waals surface area contributed by atoms with Crippen molar-refractivity contribution >= 4 is 45.0 Å².